The number of hydrogen-bond donors (Lipinski definition) is 3. The lowest BCUT2D eigenvalue weighted by Crippen LogP contribution is -2.21. The molecule has 2 amide bonds. The smallest absolute Gasteiger partial charge is 0.337 e. The third-order valence-corrected chi connectivity index (χ3v) is 4.19. The number of urea groups is 1. The minimum Gasteiger partial charge on any atom is -0.478 e. The van der Waals surface area contributed by atoms with Gasteiger partial charge in [0.2, 0.25) is 0 Å². The maximum atomic E-state index is 11.9. The maximum Gasteiger partial charge on any atom is 0.337 e. The Balaban J connectivity index is 2.16. The number of nitrogens with one attached hydrogen (secondary N) is 2. The molecule has 1 aromatic carbocycles. The Morgan fingerprint density at radius 1 is 1.29 bits per heavy atom. The van der Waals surface area contributed by atoms with Crippen LogP contribution in [0, 0.1) is 13.8 Å². The van der Waals surface area contributed by atoms with Crippen LogP contribution in [0.15, 0.2) is 22.7 Å². The lowest BCUT2D eigenvalue weighted by Gasteiger charge is -2.09. The van der Waals surface area contributed by atoms with E-state index in [1.54, 1.807) is 6.07 Å². The summed E-state index contributed by atoms with van der Waals surface area (Å²) in [6, 6.07) is 4.01. The molecule has 21 heavy (non-hydrogen) atoms. The highest BCUT2D eigenvalue weighted by atomic mass is 79.9. The lowest BCUT2D eigenvalue weighted by molar-refractivity contribution is 0.0698. The number of carbonyl (C=O) groups excluding carboxylic acids is 1. The van der Waals surface area contributed by atoms with E-state index < -0.39 is 12.0 Å². The largest absolute Gasteiger partial charge is 0.478 e. The minimum absolute atomic E-state index is 0.0137. The number of aromatic nitrogens is 1. The van der Waals surface area contributed by atoms with Crippen molar-refractivity contribution in [2.24, 2.45) is 0 Å². The molecule has 2 rings (SSSR count). The van der Waals surface area contributed by atoms with Gasteiger partial charge in [-0.25, -0.2) is 14.6 Å². The molecule has 8 heteroatoms. The van der Waals surface area contributed by atoms with Gasteiger partial charge in [0.05, 0.1) is 16.9 Å². The molecule has 2 aromatic rings. The molecule has 0 aliphatic heterocycles. The molecular weight excluding hydrogens is 358 g/mol. The van der Waals surface area contributed by atoms with Gasteiger partial charge in [0.1, 0.15) is 0 Å². The first-order valence-electron chi connectivity index (χ1n) is 5.91. The Hall–Kier alpha value is -1.93. The quantitative estimate of drug-likeness (QED) is 0.765. The number of hydrogen-bond acceptors (Lipinski definition) is 4. The summed E-state index contributed by atoms with van der Waals surface area (Å²) in [6.45, 7) is 3.76. The summed E-state index contributed by atoms with van der Waals surface area (Å²) in [5, 5.41) is 14.7. The number of halogens is 1. The van der Waals surface area contributed by atoms with Gasteiger partial charge in [-0.3, -0.25) is 5.32 Å². The fraction of sp³-hybridized carbons (Fsp3) is 0.154. The second-order valence-corrected chi connectivity index (χ2v) is 6.35. The first-order chi connectivity index (χ1) is 9.86. The summed E-state index contributed by atoms with van der Waals surface area (Å²) in [5.74, 6) is -1.11. The monoisotopic (exact) mass is 369 g/mol. The van der Waals surface area contributed by atoms with E-state index in [-0.39, 0.29) is 11.3 Å². The molecule has 0 saturated carbocycles. The first kappa shape index (κ1) is 15.5. The average Bonchev–Trinajstić information content (AvgIpc) is 2.67. The van der Waals surface area contributed by atoms with E-state index in [1.165, 1.54) is 23.5 Å². The van der Waals surface area contributed by atoms with Gasteiger partial charge in [-0.1, -0.05) is 15.9 Å². The van der Waals surface area contributed by atoms with E-state index in [4.69, 9.17) is 5.11 Å². The number of carboxylic acids is 1. The lowest BCUT2D eigenvalue weighted by atomic mass is 10.2. The van der Waals surface area contributed by atoms with E-state index >= 15 is 0 Å². The molecule has 3 N–H and O–H groups in total. The van der Waals surface area contributed by atoms with Gasteiger partial charge in [-0.2, -0.15) is 0 Å². The first-order valence-corrected chi connectivity index (χ1v) is 7.52. The number of aryl methyl sites for hydroxylation is 2. The maximum absolute atomic E-state index is 11.9. The van der Waals surface area contributed by atoms with Crippen LogP contribution in [0.25, 0.3) is 0 Å². The zero-order valence-electron chi connectivity index (χ0n) is 11.2. The highest BCUT2D eigenvalue weighted by molar-refractivity contribution is 9.10. The van der Waals surface area contributed by atoms with Gasteiger partial charge >= 0.3 is 12.0 Å². The average molecular weight is 370 g/mol. The van der Waals surface area contributed by atoms with Crippen molar-refractivity contribution in [3.8, 4) is 0 Å². The van der Waals surface area contributed by atoms with Crippen LogP contribution in [-0.4, -0.2) is 22.1 Å². The Kier molecular flexibility index (Phi) is 4.59. The summed E-state index contributed by atoms with van der Waals surface area (Å²) >= 11 is 4.60. The van der Waals surface area contributed by atoms with Crippen molar-refractivity contribution >= 4 is 50.1 Å². The molecular formula is C13H12BrN3O3S. The zero-order valence-corrected chi connectivity index (χ0v) is 13.6. The predicted molar refractivity (Wildman–Crippen MR) is 85.3 cm³/mol. The predicted octanol–water partition coefficient (Wildman–Crippen LogP) is 3.86. The van der Waals surface area contributed by atoms with E-state index in [9.17, 15) is 9.59 Å². The summed E-state index contributed by atoms with van der Waals surface area (Å²) < 4.78 is 0.670. The number of nitrogens with zero attached hydrogens (tertiary/aromatic N) is 1. The number of rotatable bonds is 3. The molecule has 0 aliphatic carbocycles. The molecule has 0 unspecified atom stereocenters. The minimum atomic E-state index is -1.11. The molecule has 0 bridgehead atoms. The summed E-state index contributed by atoms with van der Waals surface area (Å²) in [5.41, 5.74) is 1.07. The van der Waals surface area contributed by atoms with Crippen molar-refractivity contribution in [1.29, 1.82) is 0 Å². The summed E-state index contributed by atoms with van der Waals surface area (Å²) in [4.78, 5) is 28.2. The molecule has 0 aliphatic rings. The molecule has 0 atom stereocenters. The Labute approximate surface area is 133 Å². The Morgan fingerprint density at radius 3 is 2.57 bits per heavy atom. The molecule has 1 aromatic heterocycles. The molecule has 0 spiro atoms. The Bertz CT molecular complexity index is 695. The number of aromatic carboxylic acids is 1. The van der Waals surface area contributed by atoms with Crippen LogP contribution in [-0.2, 0) is 0 Å². The van der Waals surface area contributed by atoms with Crippen LogP contribution >= 0.6 is 27.3 Å². The van der Waals surface area contributed by atoms with Crippen molar-refractivity contribution in [1.82, 2.24) is 4.98 Å². The fourth-order valence-electron chi connectivity index (χ4n) is 1.58. The van der Waals surface area contributed by atoms with Crippen LogP contribution < -0.4 is 10.6 Å². The van der Waals surface area contributed by atoms with Crippen molar-refractivity contribution < 1.29 is 14.7 Å². The van der Waals surface area contributed by atoms with Crippen LogP contribution in [0.1, 0.15) is 20.9 Å². The van der Waals surface area contributed by atoms with Crippen molar-refractivity contribution in [2.75, 3.05) is 10.6 Å². The number of thiazole rings is 1. The van der Waals surface area contributed by atoms with Crippen LogP contribution in [0.4, 0.5) is 15.6 Å². The molecule has 0 saturated heterocycles. The Morgan fingerprint density at radius 2 is 2.00 bits per heavy atom. The second-order valence-electron chi connectivity index (χ2n) is 4.23. The number of benzene rings is 1. The standard InChI is InChI=1S/C13H12BrN3O3S/c1-6-7(2)21-13(15-6)17-12(20)16-10-5-8(14)3-4-9(10)11(18)19/h3-5H,1-2H3,(H,18,19)(H2,15,16,17,20). The van der Waals surface area contributed by atoms with Crippen molar-refractivity contribution in [3.63, 3.8) is 0 Å². The number of carbonyl (C=O) groups is 2. The van der Waals surface area contributed by atoms with Crippen molar-refractivity contribution in [3.05, 3.63) is 38.8 Å². The van der Waals surface area contributed by atoms with Crippen LogP contribution in [0.3, 0.4) is 0 Å². The van der Waals surface area contributed by atoms with E-state index in [0.717, 1.165) is 10.6 Å². The van der Waals surface area contributed by atoms with Gasteiger partial charge < -0.3 is 10.4 Å². The SMILES string of the molecule is Cc1nc(NC(=O)Nc2cc(Br)ccc2C(=O)O)sc1C. The molecule has 6 nitrogen and oxygen atoms in total. The molecule has 0 radical (unpaired) electrons. The van der Waals surface area contributed by atoms with Gasteiger partial charge in [0.15, 0.2) is 5.13 Å². The van der Waals surface area contributed by atoms with Crippen LogP contribution in [0.2, 0.25) is 0 Å². The van der Waals surface area contributed by atoms with Crippen LogP contribution in [0.5, 0.6) is 0 Å². The van der Waals surface area contributed by atoms with Gasteiger partial charge in [0, 0.05) is 9.35 Å². The van der Waals surface area contributed by atoms with Crippen molar-refractivity contribution in [2.45, 2.75) is 13.8 Å². The van der Waals surface area contributed by atoms with Gasteiger partial charge in [-0.05, 0) is 32.0 Å². The fourth-order valence-corrected chi connectivity index (χ4v) is 2.75. The normalized spacial score (nSPS) is 10.2. The highest BCUT2D eigenvalue weighted by Gasteiger charge is 2.14. The van der Waals surface area contributed by atoms with E-state index in [1.807, 2.05) is 13.8 Å². The van der Waals surface area contributed by atoms with E-state index in [2.05, 4.69) is 31.5 Å². The zero-order chi connectivity index (χ0) is 15.6. The molecule has 1 heterocycles. The number of carboxylic acid groups (broad SMARTS) is 1. The second kappa shape index (κ2) is 6.23. The highest BCUT2D eigenvalue weighted by Crippen LogP contribution is 2.23. The summed E-state index contributed by atoms with van der Waals surface area (Å²) in [7, 11) is 0. The molecule has 0 fully saturated rings. The number of anilines is 2. The number of amides is 2. The molecule has 110 valence electrons. The third-order valence-electron chi connectivity index (χ3n) is 2.71. The topological polar surface area (TPSA) is 91.3 Å². The third kappa shape index (κ3) is 3.79. The van der Waals surface area contributed by atoms with Gasteiger partial charge in [0.25, 0.3) is 0 Å². The summed E-state index contributed by atoms with van der Waals surface area (Å²) in [6.07, 6.45) is 0. The van der Waals surface area contributed by atoms with Gasteiger partial charge in [-0.15, -0.1) is 11.3 Å². The van der Waals surface area contributed by atoms with E-state index in [0.29, 0.717) is 9.60 Å².